The highest BCUT2D eigenvalue weighted by molar-refractivity contribution is 5.91. The predicted octanol–water partition coefficient (Wildman–Crippen LogP) is 1.16. The number of rotatable bonds is 5. The Morgan fingerprint density at radius 1 is 1.33 bits per heavy atom. The Balaban J connectivity index is 2.04. The Bertz CT molecular complexity index is 623. The van der Waals surface area contributed by atoms with E-state index in [0.717, 1.165) is 5.56 Å². The van der Waals surface area contributed by atoms with Crippen molar-refractivity contribution < 1.29 is 9.59 Å². The molecule has 110 valence electrons. The maximum atomic E-state index is 12.0. The highest BCUT2D eigenvalue weighted by Gasteiger charge is 2.17. The first-order valence-corrected chi connectivity index (χ1v) is 6.44. The van der Waals surface area contributed by atoms with Crippen molar-refractivity contribution in [2.45, 2.75) is 12.5 Å². The van der Waals surface area contributed by atoms with Gasteiger partial charge in [0.2, 0.25) is 5.91 Å². The minimum absolute atomic E-state index is 0.0852. The van der Waals surface area contributed by atoms with Crippen molar-refractivity contribution in [3.8, 4) is 0 Å². The summed E-state index contributed by atoms with van der Waals surface area (Å²) in [6.07, 6.45) is 3.33. The Labute approximate surface area is 122 Å². The summed E-state index contributed by atoms with van der Waals surface area (Å²) in [5.41, 5.74) is 6.59. The highest BCUT2D eigenvalue weighted by Crippen LogP contribution is 2.17. The fraction of sp³-hybridized carbons (Fsp3) is 0.214. The maximum Gasteiger partial charge on any atom is 0.312 e. The number of carbonyl (C=O) groups is 2. The van der Waals surface area contributed by atoms with Gasteiger partial charge in [-0.25, -0.2) is 4.79 Å². The van der Waals surface area contributed by atoms with Gasteiger partial charge in [-0.05, 0) is 5.56 Å². The van der Waals surface area contributed by atoms with Crippen LogP contribution in [0.5, 0.6) is 0 Å². The molecule has 0 radical (unpaired) electrons. The second-order valence-corrected chi connectivity index (χ2v) is 4.63. The van der Waals surface area contributed by atoms with Crippen molar-refractivity contribution in [2.24, 2.45) is 12.8 Å². The number of nitrogens with two attached hydrogens (primary N) is 1. The van der Waals surface area contributed by atoms with Gasteiger partial charge in [-0.15, -0.1) is 0 Å². The molecule has 1 heterocycles. The molecule has 0 bridgehead atoms. The molecule has 0 spiro atoms. The van der Waals surface area contributed by atoms with E-state index in [-0.39, 0.29) is 12.3 Å². The van der Waals surface area contributed by atoms with Crippen molar-refractivity contribution in [2.75, 3.05) is 5.32 Å². The third-order valence-corrected chi connectivity index (χ3v) is 2.90. The summed E-state index contributed by atoms with van der Waals surface area (Å²) in [5.74, 6) is -0.231. The van der Waals surface area contributed by atoms with Crippen LogP contribution in [0.2, 0.25) is 0 Å². The summed E-state index contributed by atoms with van der Waals surface area (Å²) in [4.78, 5) is 23.1. The molecule has 7 heteroatoms. The molecule has 0 aliphatic carbocycles. The van der Waals surface area contributed by atoms with Crippen LogP contribution in [0.15, 0.2) is 42.7 Å². The van der Waals surface area contributed by atoms with E-state index < -0.39 is 12.1 Å². The average molecular weight is 287 g/mol. The number of urea groups is 1. The zero-order valence-corrected chi connectivity index (χ0v) is 11.6. The number of aromatic nitrogens is 2. The van der Waals surface area contributed by atoms with Gasteiger partial charge in [-0.1, -0.05) is 30.3 Å². The van der Waals surface area contributed by atoms with Gasteiger partial charge < -0.3 is 16.4 Å². The number of aryl methyl sites for hydroxylation is 1. The monoisotopic (exact) mass is 287 g/mol. The van der Waals surface area contributed by atoms with Crippen LogP contribution >= 0.6 is 0 Å². The van der Waals surface area contributed by atoms with Crippen LogP contribution in [0.3, 0.4) is 0 Å². The Morgan fingerprint density at radius 2 is 2.05 bits per heavy atom. The first-order valence-electron chi connectivity index (χ1n) is 6.44. The third kappa shape index (κ3) is 4.34. The molecule has 21 heavy (non-hydrogen) atoms. The van der Waals surface area contributed by atoms with Crippen molar-refractivity contribution >= 4 is 17.6 Å². The van der Waals surface area contributed by atoms with Crippen LogP contribution in [0.4, 0.5) is 10.5 Å². The minimum atomic E-state index is -0.668. The summed E-state index contributed by atoms with van der Waals surface area (Å²) in [6, 6.07) is 8.06. The lowest BCUT2D eigenvalue weighted by atomic mass is 10.0. The number of hydrogen-bond acceptors (Lipinski definition) is 3. The molecule has 1 aromatic heterocycles. The molecule has 0 aliphatic rings. The zero-order valence-electron chi connectivity index (χ0n) is 11.6. The largest absolute Gasteiger partial charge is 0.352 e. The molecular formula is C14H17N5O2. The quantitative estimate of drug-likeness (QED) is 0.769. The van der Waals surface area contributed by atoms with Crippen molar-refractivity contribution in [3.63, 3.8) is 0 Å². The molecule has 7 nitrogen and oxygen atoms in total. The first-order chi connectivity index (χ1) is 10.0. The number of anilines is 1. The smallest absolute Gasteiger partial charge is 0.312 e. The predicted molar refractivity (Wildman–Crippen MR) is 78.4 cm³/mol. The Kier molecular flexibility index (Phi) is 4.55. The Hall–Kier alpha value is -2.83. The fourth-order valence-electron chi connectivity index (χ4n) is 1.99. The summed E-state index contributed by atoms with van der Waals surface area (Å²) in [6.45, 7) is 0. The van der Waals surface area contributed by atoms with Gasteiger partial charge in [0.05, 0.1) is 24.3 Å². The van der Waals surface area contributed by atoms with Gasteiger partial charge >= 0.3 is 6.03 Å². The van der Waals surface area contributed by atoms with Crippen LogP contribution in [-0.2, 0) is 11.8 Å². The van der Waals surface area contributed by atoms with Crippen molar-refractivity contribution in [1.29, 1.82) is 0 Å². The average Bonchev–Trinajstić information content (AvgIpc) is 2.83. The van der Waals surface area contributed by atoms with E-state index in [2.05, 4.69) is 15.7 Å². The molecule has 0 fully saturated rings. The maximum absolute atomic E-state index is 12.0. The SMILES string of the molecule is Cn1cc(NC(=O)CC(NC(N)=O)c2ccccc2)cn1. The summed E-state index contributed by atoms with van der Waals surface area (Å²) >= 11 is 0. The second kappa shape index (κ2) is 6.56. The molecule has 2 rings (SSSR count). The summed E-state index contributed by atoms with van der Waals surface area (Å²) in [7, 11) is 1.76. The molecule has 1 aromatic carbocycles. The van der Waals surface area contributed by atoms with E-state index >= 15 is 0 Å². The molecule has 3 amide bonds. The molecule has 1 atom stereocenters. The molecule has 1 unspecified atom stereocenters. The van der Waals surface area contributed by atoms with Crippen LogP contribution in [-0.4, -0.2) is 21.7 Å². The summed E-state index contributed by atoms with van der Waals surface area (Å²) < 4.78 is 1.59. The van der Waals surface area contributed by atoms with E-state index in [4.69, 9.17) is 5.73 Å². The van der Waals surface area contributed by atoms with E-state index in [9.17, 15) is 9.59 Å². The topological polar surface area (TPSA) is 102 Å². The second-order valence-electron chi connectivity index (χ2n) is 4.63. The molecule has 0 saturated heterocycles. The molecule has 0 saturated carbocycles. The van der Waals surface area contributed by atoms with E-state index in [0.29, 0.717) is 5.69 Å². The van der Waals surface area contributed by atoms with Gasteiger partial charge in [0.15, 0.2) is 0 Å². The first kappa shape index (κ1) is 14.6. The van der Waals surface area contributed by atoms with E-state index in [1.54, 1.807) is 24.1 Å². The van der Waals surface area contributed by atoms with E-state index in [1.165, 1.54) is 0 Å². The number of amides is 3. The van der Waals surface area contributed by atoms with E-state index in [1.807, 2.05) is 30.3 Å². The Morgan fingerprint density at radius 3 is 2.62 bits per heavy atom. The number of nitrogens with one attached hydrogen (secondary N) is 2. The lowest BCUT2D eigenvalue weighted by molar-refractivity contribution is -0.116. The number of nitrogens with zero attached hydrogens (tertiary/aromatic N) is 2. The van der Waals surface area contributed by atoms with Crippen LogP contribution in [0, 0.1) is 0 Å². The molecule has 0 aliphatic heterocycles. The van der Waals surface area contributed by atoms with Crippen LogP contribution in [0.1, 0.15) is 18.0 Å². The lowest BCUT2D eigenvalue weighted by Gasteiger charge is -2.17. The number of benzene rings is 1. The van der Waals surface area contributed by atoms with Gasteiger partial charge in [0.25, 0.3) is 0 Å². The van der Waals surface area contributed by atoms with Gasteiger partial charge in [0.1, 0.15) is 0 Å². The third-order valence-electron chi connectivity index (χ3n) is 2.90. The van der Waals surface area contributed by atoms with Gasteiger partial charge in [-0.3, -0.25) is 9.48 Å². The normalized spacial score (nSPS) is 11.7. The molecule has 4 N–H and O–H groups in total. The number of hydrogen-bond donors (Lipinski definition) is 3. The fourth-order valence-corrected chi connectivity index (χ4v) is 1.99. The van der Waals surface area contributed by atoms with Crippen LogP contribution < -0.4 is 16.4 Å². The minimum Gasteiger partial charge on any atom is -0.352 e. The summed E-state index contributed by atoms with van der Waals surface area (Å²) in [5, 5.41) is 9.26. The van der Waals surface area contributed by atoms with Crippen molar-refractivity contribution in [3.05, 3.63) is 48.3 Å². The molecular weight excluding hydrogens is 270 g/mol. The van der Waals surface area contributed by atoms with Crippen LogP contribution in [0.25, 0.3) is 0 Å². The number of carbonyl (C=O) groups excluding carboxylic acids is 2. The van der Waals surface area contributed by atoms with Gasteiger partial charge in [0, 0.05) is 13.2 Å². The lowest BCUT2D eigenvalue weighted by Crippen LogP contribution is -2.35. The standard InChI is InChI=1S/C14H17N5O2/c1-19-9-11(8-16-19)17-13(20)7-12(18-14(15)21)10-5-3-2-4-6-10/h2-6,8-9,12H,7H2,1H3,(H,17,20)(H3,15,18,21). The van der Waals surface area contributed by atoms with Gasteiger partial charge in [-0.2, -0.15) is 5.10 Å². The molecule has 2 aromatic rings. The van der Waals surface area contributed by atoms with Crippen molar-refractivity contribution in [1.82, 2.24) is 15.1 Å². The number of primary amides is 1. The highest BCUT2D eigenvalue weighted by atomic mass is 16.2. The zero-order chi connectivity index (χ0) is 15.2.